The summed E-state index contributed by atoms with van der Waals surface area (Å²) in [6, 6.07) is 0. The maximum atomic E-state index is 11.9. The molecule has 68 valence electrons. The fraction of sp³-hybridized carbons (Fsp3) is 0.500. The van der Waals surface area contributed by atoms with Crippen LogP contribution in [0.2, 0.25) is 0 Å². The average Bonchev–Trinajstić information content (AvgIpc) is 2.35. The normalized spacial score (nSPS) is 12.0. The van der Waals surface area contributed by atoms with Crippen molar-refractivity contribution in [1.82, 2.24) is 4.98 Å². The van der Waals surface area contributed by atoms with E-state index in [1.165, 1.54) is 12.5 Å². The fourth-order valence-corrected chi connectivity index (χ4v) is 1.32. The monoisotopic (exact) mass is 197 g/mol. The van der Waals surface area contributed by atoms with Gasteiger partial charge in [0, 0.05) is 12.5 Å². The third kappa shape index (κ3) is 2.18. The summed E-state index contributed by atoms with van der Waals surface area (Å²) >= 11 is 0.580. The van der Waals surface area contributed by atoms with E-state index >= 15 is 0 Å². The van der Waals surface area contributed by atoms with Crippen LogP contribution in [0.5, 0.6) is 0 Å². The van der Waals surface area contributed by atoms with Gasteiger partial charge in [0.1, 0.15) is 0 Å². The Labute approximate surface area is 71.0 Å². The van der Waals surface area contributed by atoms with Gasteiger partial charge in [0.25, 0.3) is 0 Å². The van der Waals surface area contributed by atoms with Crippen molar-refractivity contribution in [2.45, 2.75) is 12.8 Å². The maximum absolute atomic E-state index is 11.9. The summed E-state index contributed by atoms with van der Waals surface area (Å²) in [7, 11) is 1.41. The van der Waals surface area contributed by atoms with Crippen molar-refractivity contribution in [3.63, 3.8) is 0 Å². The predicted octanol–water partition coefficient (Wildman–Crippen LogP) is 2.31. The molecule has 0 aliphatic rings. The molecule has 0 N–H and O–H groups in total. The van der Waals surface area contributed by atoms with E-state index in [9.17, 15) is 13.2 Å². The molecule has 0 spiro atoms. The highest BCUT2D eigenvalue weighted by atomic mass is 32.1. The molecule has 6 heteroatoms. The highest BCUT2D eigenvalue weighted by Gasteiger charge is 2.34. The number of thiazole rings is 1. The molecule has 0 atom stereocenters. The number of alkyl halides is 3. The lowest BCUT2D eigenvalue weighted by Gasteiger charge is -1.99. The molecule has 2 nitrogen and oxygen atoms in total. The van der Waals surface area contributed by atoms with Gasteiger partial charge in [0.05, 0.1) is 12.3 Å². The van der Waals surface area contributed by atoms with Gasteiger partial charge in [-0.15, -0.1) is 11.3 Å². The minimum absolute atomic E-state index is 0.118. The lowest BCUT2D eigenvalue weighted by molar-refractivity contribution is -0.137. The summed E-state index contributed by atoms with van der Waals surface area (Å²) in [5.41, 5.74) is 0.315. The molecule has 0 aromatic carbocycles. The minimum Gasteiger partial charge on any atom is -0.378 e. The molecule has 0 saturated heterocycles. The topological polar surface area (TPSA) is 22.1 Å². The van der Waals surface area contributed by atoms with Crippen LogP contribution in [-0.4, -0.2) is 12.1 Å². The van der Waals surface area contributed by atoms with Crippen LogP contribution < -0.4 is 0 Å². The number of rotatable bonds is 2. The Morgan fingerprint density at radius 3 is 2.67 bits per heavy atom. The van der Waals surface area contributed by atoms with E-state index in [2.05, 4.69) is 9.72 Å². The summed E-state index contributed by atoms with van der Waals surface area (Å²) in [5.74, 6) is 0. The Kier molecular flexibility index (Phi) is 2.69. The zero-order valence-corrected chi connectivity index (χ0v) is 7.00. The second kappa shape index (κ2) is 3.40. The van der Waals surface area contributed by atoms with Gasteiger partial charge in [-0.25, -0.2) is 4.98 Å². The molecular formula is C6H6F3NOS. The molecule has 0 aliphatic carbocycles. The lowest BCUT2D eigenvalue weighted by atomic mass is 10.5. The SMILES string of the molecule is COCc1csc(C(F)(F)F)n1. The van der Waals surface area contributed by atoms with Crippen molar-refractivity contribution in [3.8, 4) is 0 Å². The van der Waals surface area contributed by atoms with E-state index in [-0.39, 0.29) is 6.61 Å². The first-order chi connectivity index (χ1) is 5.54. The summed E-state index contributed by atoms with van der Waals surface area (Å²) in [6.45, 7) is 0.118. The van der Waals surface area contributed by atoms with Crippen LogP contribution >= 0.6 is 11.3 Å². The van der Waals surface area contributed by atoms with E-state index in [1.807, 2.05) is 0 Å². The van der Waals surface area contributed by atoms with Crippen LogP contribution in [0.25, 0.3) is 0 Å². The zero-order chi connectivity index (χ0) is 9.19. The fourth-order valence-electron chi connectivity index (χ4n) is 0.651. The van der Waals surface area contributed by atoms with Gasteiger partial charge in [-0.1, -0.05) is 0 Å². The molecular weight excluding hydrogens is 191 g/mol. The largest absolute Gasteiger partial charge is 0.443 e. The predicted molar refractivity (Wildman–Crippen MR) is 37.8 cm³/mol. The molecule has 1 aromatic rings. The highest BCUT2D eigenvalue weighted by Crippen LogP contribution is 2.31. The summed E-state index contributed by atoms with van der Waals surface area (Å²) < 4.78 is 40.5. The number of methoxy groups -OCH3 is 1. The number of aromatic nitrogens is 1. The standard InChI is InChI=1S/C6H6F3NOS/c1-11-2-4-3-12-5(10-4)6(7,8)9/h3H,2H2,1H3. The first kappa shape index (κ1) is 9.47. The van der Waals surface area contributed by atoms with E-state index in [4.69, 9.17) is 0 Å². The average molecular weight is 197 g/mol. The van der Waals surface area contributed by atoms with E-state index < -0.39 is 11.2 Å². The van der Waals surface area contributed by atoms with Gasteiger partial charge in [0.2, 0.25) is 0 Å². The molecule has 0 unspecified atom stereocenters. The number of halogens is 3. The third-order valence-corrected chi connectivity index (χ3v) is 2.02. The molecule has 0 aliphatic heterocycles. The summed E-state index contributed by atoms with van der Waals surface area (Å²) in [6.07, 6.45) is -4.34. The first-order valence-corrected chi connectivity index (χ1v) is 3.92. The van der Waals surface area contributed by atoms with Crippen LogP contribution in [0.15, 0.2) is 5.38 Å². The quantitative estimate of drug-likeness (QED) is 0.725. The number of ether oxygens (including phenoxy) is 1. The van der Waals surface area contributed by atoms with Crippen molar-refractivity contribution in [2.24, 2.45) is 0 Å². The Morgan fingerprint density at radius 2 is 2.25 bits per heavy atom. The van der Waals surface area contributed by atoms with Crippen molar-refractivity contribution in [1.29, 1.82) is 0 Å². The minimum atomic E-state index is -4.34. The molecule has 0 amide bonds. The van der Waals surface area contributed by atoms with Gasteiger partial charge in [-0.2, -0.15) is 13.2 Å². The van der Waals surface area contributed by atoms with Gasteiger partial charge in [-0.05, 0) is 0 Å². The Hall–Kier alpha value is -0.620. The van der Waals surface area contributed by atoms with Crippen LogP contribution in [-0.2, 0) is 17.5 Å². The summed E-state index contributed by atoms with van der Waals surface area (Å²) in [4.78, 5) is 3.34. The Bertz CT molecular complexity index is 258. The maximum Gasteiger partial charge on any atom is 0.443 e. The first-order valence-electron chi connectivity index (χ1n) is 3.04. The Balaban J connectivity index is 2.77. The molecule has 1 heterocycles. The zero-order valence-electron chi connectivity index (χ0n) is 6.18. The second-order valence-electron chi connectivity index (χ2n) is 2.07. The molecule has 1 aromatic heterocycles. The summed E-state index contributed by atoms with van der Waals surface area (Å²) in [5, 5.41) is 0.515. The molecule has 1 rings (SSSR count). The second-order valence-corrected chi connectivity index (χ2v) is 2.93. The molecule has 0 saturated carbocycles. The Morgan fingerprint density at radius 1 is 1.58 bits per heavy atom. The van der Waals surface area contributed by atoms with Crippen molar-refractivity contribution in [3.05, 3.63) is 16.1 Å². The van der Waals surface area contributed by atoms with Gasteiger partial charge < -0.3 is 4.74 Å². The van der Waals surface area contributed by atoms with Crippen LogP contribution in [0.3, 0.4) is 0 Å². The number of hydrogen-bond acceptors (Lipinski definition) is 3. The molecule has 0 fully saturated rings. The van der Waals surface area contributed by atoms with Gasteiger partial charge in [0.15, 0.2) is 5.01 Å². The van der Waals surface area contributed by atoms with Gasteiger partial charge >= 0.3 is 6.18 Å². The highest BCUT2D eigenvalue weighted by molar-refractivity contribution is 7.09. The van der Waals surface area contributed by atoms with Crippen molar-refractivity contribution in [2.75, 3.05) is 7.11 Å². The molecule has 0 bridgehead atoms. The third-order valence-electron chi connectivity index (χ3n) is 1.09. The van der Waals surface area contributed by atoms with Gasteiger partial charge in [-0.3, -0.25) is 0 Å². The lowest BCUT2D eigenvalue weighted by Crippen LogP contribution is -2.04. The van der Waals surface area contributed by atoms with Crippen LogP contribution in [0.1, 0.15) is 10.7 Å². The smallest absolute Gasteiger partial charge is 0.378 e. The van der Waals surface area contributed by atoms with E-state index in [0.29, 0.717) is 17.0 Å². The van der Waals surface area contributed by atoms with Crippen LogP contribution in [0.4, 0.5) is 13.2 Å². The van der Waals surface area contributed by atoms with E-state index in [0.717, 1.165) is 0 Å². The number of hydrogen-bond donors (Lipinski definition) is 0. The molecule has 12 heavy (non-hydrogen) atoms. The molecule has 0 radical (unpaired) electrons. The van der Waals surface area contributed by atoms with Crippen molar-refractivity contribution >= 4 is 11.3 Å². The number of nitrogens with zero attached hydrogens (tertiary/aromatic N) is 1. The van der Waals surface area contributed by atoms with Crippen LogP contribution in [0, 0.1) is 0 Å². The van der Waals surface area contributed by atoms with Crippen molar-refractivity contribution < 1.29 is 17.9 Å². The van der Waals surface area contributed by atoms with E-state index in [1.54, 1.807) is 0 Å².